The van der Waals surface area contributed by atoms with E-state index >= 15 is 0 Å². The van der Waals surface area contributed by atoms with Gasteiger partial charge in [0.25, 0.3) is 0 Å². The first-order chi connectivity index (χ1) is 8.88. The van der Waals surface area contributed by atoms with Crippen molar-refractivity contribution >= 4 is 10.1 Å². The van der Waals surface area contributed by atoms with Crippen molar-refractivity contribution < 1.29 is 12.6 Å². The lowest BCUT2D eigenvalue weighted by Crippen LogP contribution is -2.10. The molecule has 2 aromatic rings. The van der Waals surface area contributed by atoms with Crippen molar-refractivity contribution in [2.45, 2.75) is 25.7 Å². The Morgan fingerprint density at radius 2 is 1.42 bits per heavy atom. The zero-order valence-corrected chi connectivity index (χ0v) is 12.0. The van der Waals surface area contributed by atoms with E-state index in [9.17, 15) is 8.42 Å². The number of hydrogen-bond acceptors (Lipinski definition) is 3. The van der Waals surface area contributed by atoms with E-state index < -0.39 is 10.1 Å². The summed E-state index contributed by atoms with van der Waals surface area (Å²) < 4.78 is 29.4. The maximum Gasteiger partial charge on any atom is 0.339 e. The van der Waals surface area contributed by atoms with Crippen LogP contribution in [0.4, 0.5) is 0 Å². The largest absolute Gasteiger partial charge is 0.379 e. The Morgan fingerprint density at radius 1 is 0.842 bits per heavy atom. The van der Waals surface area contributed by atoms with Crippen LogP contribution in [-0.4, -0.2) is 8.42 Å². The molecule has 2 aromatic carbocycles. The molecule has 100 valence electrons. The van der Waals surface area contributed by atoms with E-state index in [-0.39, 0.29) is 4.90 Å². The van der Waals surface area contributed by atoms with Crippen molar-refractivity contribution in [3.05, 3.63) is 59.2 Å². The third-order valence-corrected chi connectivity index (χ3v) is 4.09. The van der Waals surface area contributed by atoms with E-state index in [1.807, 2.05) is 32.9 Å². The molecule has 4 heteroatoms. The fraction of sp³-hybridized carbons (Fsp3) is 0.200. The zero-order valence-electron chi connectivity index (χ0n) is 11.2. The van der Waals surface area contributed by atoms with E-state index in [4.69, 9.17) is 4.18 Å². The molecule has 0 aliphatic heterocycles. The van der Waals surface area contributed by atoms with Gasteiger partial charge < -0.3 is 4.18 Å². The molecule has 0 saturated heterocycles. The highest BCUT2D eigenvalue weighted by atomic mass is 32.2. The molecule has 0 bridgehead atoms. The second-order valence-corrected chi connectivity index (χ2v) is 6.17. The quantitative estimate of drug-likeness (QED) is 0.807. The second kappa shape index (κ2) is 5.05. The van der Waals surface area contributed by atoms with Gasteiger partial charge in [0, 0.05) is 0 Å². The van der Waals surface area contributed by atoms with E-state index in [0.717, 1.165) is 16.7 Å². The molecular formula is C15H16O3S. The van der Waals surface area contributed by atoms with E-state index in [2.05, 4.69) is 0 Å². The molecule has 0 aliphatic carbocycles. The molecule has 2 rings (SSSR count). The second-order valence-electron chi connectivity index (χ2n) is 4.62. The van der Waals surface area contributed by atoms with Crippen molar-refractivity contribution in [1.29, 1.82) is 0 Å². The van der Waals surface area contributed by atoms with Gasteiger partial charge in [0.05, 0.1) is 0 Å². The van der Waals surface area contributed by atoms with Gasteiger partial charge in [-0.05, 0) is 44.5 Å². The molecule has 0 amide bonds. The molecular weight excluding hydrogens is 260 g/mol. The van der Waals surface area contributed by atoms with Crippen LogP contribution in [0.25, 0.3) is 0 Å². The van der Waals surface area contributed by atoms with Gasteiger partial charge >= 0.3 is 10.1 Å². The lowest BCUT2D eigenvalue weighted by Gasteiger charge is -2.10. The van der Waals surface area contributed by atoms with Crippen molar-refractivity contribution in [3.8, 4) is 5.75 Å². The van der Waals surface area contributed by atoms with Crippen LogP contribution >= 0.6 is 0 Å². The first-order valence-electron chi connectivity index (χ1n) is 5.97. The summed E-state index contributed by atoms with van der Waals surface area (Å²) in [5.41, 5.74) is 2.87. The van der Waals surface area contributed by atoms with Gasteiger partial charge in [-0.25, -0.2) is 0 Å². The summed E-state index contributed by atoms with van der Waals surface area (Å²) in [5, 5.41) is 0. The van der Waals surface area contributed by atoms with Crippen molar-refractivity contribution in [1.82, 2.24) is 0 Å². The average Bonchev–Trinajstić information content (AvgIpc) is 2.33. The van der Waals surface area contributed by atoms with Gasteiger partial charge in [-0.2, -0.15) is 8.42 Å². The summed E-state index contributed by atoms with van der Waals surface area (Å²) in [6, 6.07) is 12.0. The number of hydrogen-bond donors (Lipinski definition) is 0. The minimum Gasteiger partial charge on any atom is -0.379 e. The molecule has 0 N–H and O–H groups in total. The van der Waals surface area contributed by atoms with Crippen LogP contribution in [0, 0.1) is 20.8 Å². The Hall–Kier alpha value is -1.81. The van der Waals surface area contributed by atoms with Gasteiger partial charge in [-0.15, -0.1) is 0 Å². The van der Waals surface area contributed by atoms with Crippen molar-refractivity contribution in [2.75, 3.05) is 0 Å². The van der Waals surface area contributed by atoms with Gasteiger partial charge in [0.2, 0.25) is 0 Å². The summed E-state index contributed by atoms with van der Waals surface area (Å²) in [5.74, 6) is 0.367. The fourth-order valence-electron chi connectivity index (χ4n) is 1.76. The average molecular weight is 276 g/mol. The minimum atomic E-state index is -3.77. The monoisotopic (exact) mass is 276 g/mol. The Morgan fingerprint density at radius 3 is 2.00 bits per heavy atom. The van der Waals surface area contributed by atoms with Crippen LogP contribution in [0.5, 0.6) is 5.75 Å². The first-order valence-corrected chi connectivity index (χ1v) is 7.38. The van der Waals surface area contributed by atoms with Gasteiger partial charge in [0.15, 0.2) is 0 Å². The third kappa shape index (κ3) is 3.15. The molecule has 0 fully saturated rings. The number of rotatable bonds is 3. The molecule has 0 atom stereocenters. The van der Waals surface area contributed by atoms with Gasteiger partial charge in [-0.3, -0.25) is 0 Å². The summed E-state index contributed by atoms with van der Waals surface area (Å²) in [7, 11) is -3.77. The normalized spacial score (nSPS) is 11.3. The predicted octanol–water partition coefficient (Wildman–Crippen LogP) is 3.38. The lowest BCUT2D eigenvalue weighted by atomic mass is 10.1. The fourth-order valence-corrected chi connectivity index (χ4v) is 2.75. The molecule has 0 spiro atoms. The third-order valence-electron chi connectivity index (χ3n) is 2.84. The first kappa shape index (κ1) is 13.6. The Kier molecular flexibility index (Phi) is 3.62. The Labute approximate surface area is 114 Å². The zero-order chi connectivity index (χ0) is 14.0. The molecule has 3 nitrogen and oxygen atoms in total. The van der Waals surface area contributed by atoms with Crippen LogP contribution < -0.4 is 4.18 Å². The van der Waals surface area contributed by atoms with Gasteiger partial charge in [-0.1, -0.05) is 35.4 Å². The van der Waals surface area contributed by atoms with Gasteiger partial charge in [0.1, 0.15) is 10.6 Å². The molecule has 0 aliphatic rings. The summed E-state index contributed by atoms with van der Waals surface area (Å²) in [4.78, 5) is 0.165. The van der Waals surface area contributed by atoms with E-state index in [1.165, 1.54) is 0 Å². The molecule has 0 saturated carbocycles. The molecule has 19 heavy (non-hydrogen) atoms. The maximum atomic E-state index is 12.1. The topological polar surface area (TPSA) is 43.4 Å². The Bertz CT molecular complexity index is 686. The highest BCUT2D eigenvalue weighted by Gasteiger charge is 2.17. The minimum absolute atomic E-state index is 0.165. The van der Waals surface area contributed by atoms with E-state index in [0.29, 0.717) is 5.75 Å². The van der Waals surface area contributed by atoms with Crippen LogP contribution in [0.15, 0.2) is 47.4 Å². The summed E-state index contributed by atoms with van der Waals surface area (Å²) in [6.45, 7) is 5.68. The van der Waals surface area contributed by atoms with Crippen molar-refractivity contribution in [2.24, 2.45) is 0 Å². The van der Waals surface area contributed by atoms with Crippen LogP contribution in [-0.2, 0) is 10.1 Å². The lowest BCUT2D eigenvalue weighted by molar-refractivity contribution is 0.484. The molecule has 0 unspecified atom stereocenters. The highest BCUT2D eigenvalue weighted by molar-refractivity contribution is 7.87. The smallest absolute Gasteiger partial charge is 0.339 e. The predicted molar refractivity (Wildman–Crippen MR) is 74.9 cm³/mol. The summed E-state index contributed by atoms with van der Waals surface area (Å²) >= 11 is 0. The Balaban J connectivity index is 2.33. The molecule has 0 heterocycles. The van der Waals surface area contributed by atoms with Crippen LogP contribution in [0.3, 0.4) is 0 Å². The standard InChI is InChI=1S/C15H16O3S/c1-11-4-7-14(8-5-11)19(16,17)18-15-9-6-12(2)10-13(15)3/h4-10H,1-3H3. The maximum absolute atomic E-state index is 12.1. The van der Waals surface area contributed by atoms with Crippen LogP contribution in [0.2, 0.25) is 0 Å². The number of benzene rings is 2. The highest BCUT2D eigenvalue weighted by Crippen LogP contribution is 2.23. The molecule has 0 aromatic heterocycles. The SMILES string of the molecule is Cc1ccc(S(=O)(=O)Oc2ccc(C)cc2C)cc1. The summed E-state index contributed by atoms with van der Waals surface area (Å²) in [6.07, 6.45) is 0. The van der Waals surface area contributed by atoms with Crippen molar-refractivity contribution in [3.63, 3.8) is 0 Å². The number of aryl methyl sites for hydroxylation is 3. The van der Waals surface area contributed by atoms with E-state index in [1.54, 1.807) is 30.3 Å². The van der Waals surface area contributed by atoms with Crippen LogP contribution in [0.1, 0.15) is 16.7 Å². The molecule has 0 radical (unpaired) electrons.